The lowest BCUT2D eigenvalue weighted by molar-refractivity contribution is 0.208. The number of carbonyl (C=O) groups excluding carboxylic acids is 1. The quantitative estimate of drug-likeness (QED) is 0.747. The van der Waals surface area contributed by atoms with Crippen LogP contribution < -0.4 is 5.32 Å². The summed E-state index contributed by atoms with van der Waals surface area (Å²) in [5, 5.41) is 3.35. The monoisotopic (exact) mass is 384 g/mol. The molecule has 1 atom stereocenters. The van der Waals surface area contributed by atoms with Gasteiger partial charge in [-0.1, -0.05) is 29.8 Å². The van der Waals surface area contributed by atoms with Gasteiger partial charge in [0.2, 0.25) is 0 Å². The number of rotatable bonds is 3. The number of halogens is 3. The van der Waals surface area contributed by atoms with Crippen LogP contribution in [0, 0.1) is 5.82 Å². The van der Waals surface area contributed by atoms with Gasteiger partial charge in [0.05, 0.1) is 11.7 Å². The molecule has 0 aliphatic carbocycles. The van der Waals surface area contributed by atoms with E-state index in [4.69, 9.17) is 11.6 Å². The summed E-state index contributed by atoms with van der Waals surface area (Å²) in [6.45, 7) is 1.89. The summed E-state index contributed by atoms with van der Waals surface area (Å²) in [6, 6.07) is 11.0. The van der Waals surface area contributed by atoms with E-state index in [0.717, 1.165) is 5.56 Å². The Kier molecular flexibility index (Phi) is 5.42. The first-order valence-corrected chi connectivity index (χ1v) is 7.80. The molecule has 0 spiro atoms. The number of nitrogens with zero attached hydrogens (tertiary/aromatic N) is 1. The summed E-state index contributed by atoms with van der Waals surface area (Å²) < 4.78 is 13.6. The van der Waals surface area contributed by atoms with E-state index in [1.807, 2.05) is 25.1 Å². The number of hydrogen-bond donors (Lipinski definition) is 1. The van der Waals surface area contributed by atoms with Crippen LogP contribution in [0.2, 0.25) is 5.02 Å². The minimum atomic E-state index is -0.373. The Hall–Kier alpha value is -1.59. The maximum absolute atomic E-state index is 13.1. The molecule has 0 radical (unpaired) electrons. The van der Waals surface area contributed by atoms with Crippen LogP contribution in [-0.2, 0) is 0 Å². The molecule has 0 aliphatic rings. The van der Waals surface area contributed by atoms with E-state index in [0.29, 0.717) is 15.2 Å². The molecule has 116 valence electrons. The summed E-state index contributed by atoms with van der Waals surface area (Å²) >= 11 is 9.39. The lowest BCUT2D eigenvalue weighted by atomic mass is 10.1. The molecule has 0 heterocycles. The van der Waals surface area contributed by atoms with E-state index in [2.05, 4.69) is 21.2 Å². The molecule has 0 bridgehead atoms. The van der Waals surface area contributed by atoms with Gasteiger partial charge in [0.1, 0.15) is 5.82 Å². The number of urea groups is 1. The van der Waals surface area contributed by atoms with Crippen LogP contribution in [-0.4, -0.2) is 18.0 Å². The first-order chi connectivity index (χ1) is 10.4. The highest BCUT2D eigenvalue weighted by atomic mass is 79.9. The van der Waals surface area contributed by atoms with E-state index in [1.54, 1.807) is 13.1 Å². The number of hydrogen-bond acceptors (Lipinski definition) is 1. The molecule has 0 aliphatic heterocycles. The second-order valence-electron chi connectivity index (χ2n) is 4.86. The molecule has 1 N–H and O–H groups in total. The van der Waals surface area contributed by atoms with Crippen LogP contribution in [0.25, 0.3) is 0 Å². The number of benzene rings is 2. The highest BCUT2D eigenvalue weighted by Gasteiger charge is 2.20. The second kappa shape index (κ2) is 7.11. The average molecular weight is 386 g/mol. The van der Waals surface area contributed by atoms with Crippen molar-refractivity contribution in [2.45, 2.75) is 13.0 Å². The van der Waals surface area contributed by atoms with Gasteiger partial charge >= 0.3 is 6.03 Å². The van der Waals surface area contributed by atoms with Crippen molar-refractivity contribution in [3.63, 3.8) is 0 Å². The fourth-order valence-corrected chi connectivity index (χ4v) is 2.74. The van der Waals surface area contributed by atoms with E-state index < -0.39 is 0 Å². The van der Waals surface area contributed by atoms with Gasteiger partial charge in [0.15, 0.2) is 0 Å². The number of amides is 2. The number of anilines is 1. The molecule has 2 amide bonds. The average Bonchev–Trinajstić information content (AvgIpc) is 2.49. The maximum Gasteiger partial charge on any atom is 0.322 e. The zero-order valence-electron chi connectivity index (χ0n) is 12.1. The van der Waals surface area contributed by atoms with Crippen LogP contribution in [0.1, 0.15) is 18.5 Å². The molecule has 2 aromatic carbocycles. The fourth-order valence-electron chi connectivity index (χ4n) is 1.99. The van der Waals surface area contributed by atoms with Gasteiger partial charge in [-0.2, -0.15) is 0 Å². The Morgan fingerprint density at radius 3 is 2.64 bits per heavy atom. The zero-order chi connectivity index (χ0) is 16.3. The van der Waals surface area contributed by atoms with Crippen molar-refractivity contribution in [3.8, 4) is 0 Å². The molecule has 0 saturated heterocycles. The van der Waals surface area contributed by atoms with Crippen LogP contribution in [0.4, 0.5) is 14.9 Å². The molecule has 3 nitrogen and oxygen atoms in total. The molecule has 1 unspecified atom stereocenters. The van der Waals surface area contributed by atoms with Gasteiger partial charge in [-0.15, -0.1) is 0 Å². The van der Waals surface area contributed by atoms with Crippen molar-refractivity contribution in [3.05, 3.63) is 63.3 Å². The summed E-state index contributed by atoms with van der Waals surface area (Å²) in [5.41, 5.74) is 1.37. The lowest BCUT2D eigenvalue weighted by Gasteiger charge is -2.26. The molecule has 22 heavy (non-hydrogen) atoms. The minimum Gasteiger partial charge on any atom is -0.321 e. The Balaban J connectivity index is 2.13. The number of nitrogens with one attached hydrogen (secondary N) is 1. The first-order valence-electron chi connectivity index (χ1n) is 6.63. The van der Waals surface area contributed by atoms with Gasteiger partial charge < -0.3 is 10.2 Å². The maximum atomic E-state index is 13.1. The Morgan fingerprint density at radius 1 is 1.32 bits per heavy atom. The van der Waals surface area contributed by atoms with Crippen molar-refractivity contribution in [1.29, 1.82) is 0 Å². The summed E-state index contributed by atoms with van der Waals surface area (Å²) in [5.74, 6) is -0.373. The third-order valence-corrected chi connectivity index (χ3v) is 4.43. The second-order valence-corrected chi connectivity index (χ2v) is 6.12. The highest BCUT2D eigenvalue weighted by molar-refractivity contribution is 9.10. The van der Waals surface area contributed by atoms with Crippen LogP contribution in [0.15, 0.2) is 46.9 Å². The molecule has 0 aromatic heterocycles. The van der Waals surface area contributed by atoms with E-state index in [1.165, 1.54) is 23.1 Å². The van der Waals surface area contributed by atoms with Crippen molar-refractivity contribution in [1.82, 2.24) is 4.90 Å². The Bertz CT molecular complexity index is 696. The summed E-state index contributed by atoms with van der Waals surface area (Å²) in [4.78, 5) is 13.9. The van der Waals surface area contributed by atoms with Crippen molar-refractivity contribution < 1.29 is 9.18 Å². The molecular formula is C16H15BrClFN2O. The van der Waals surface area contributed by atoms with Gasteiger partial charge in [0, 0.05) is 16.5 Å². The Morgan fingerprint density at radius 2 is 2.00 bits per heavy atom. The predicted molar refractivity (Wildman–Crippen MR) is 90.7 cm³/mol. The third-order valence-electron chi connectivity index (χ3n) is 3.43. The largest absolute Gasteiger partial charge is 0.322 e. The van der Waals surface area contributed by atoms with Gasteiger partial charge in [-0.3, -0.25) is 0 Å². The summed E-state index contributed by atoms with van der Waals surface area (Å²) in [7, 11) is 1.68. The van der Waals surface area contributed by atoms with Crippen molar-refractivity contribution in [2.24, 2.45) is 0 Å². The first kappa shape index (κ1) is 16.8. The van der Waals surface area contributed by atoms with Gasteiger partial charge in [-0.05, 0) is 52.7 Å². The number of carbonyl (C=O) groups is 1. The van der Waals surface area contributed by atoms with Gasteiger partial charge in [-0.25, -0.2) is 9.18 Å². The van der Waals surface area contributed by atoms with E-state index in [-0.39, 0.29) is 17.9 Å². The molecule has 0 saturated carbocycles. The minimum absolute atomic E-state index is 0.201. The molecule has 6 heteroatoms. The SMILES string of the molecule is CC(c1ccccc1Cl)N(C)C(=O)Nc1ccc(F)cc1Br. The van der Waals surface area contributed by atoms with Crippen LogP contribution in [0.5, 0.6) is 0 Å². The zero-order valence-corrected chi connectivity index (χ0v) is 14.5. The third kappa shape index (κ3) is 3.78. The standard InChI is InChI=1S/C16H15BrClFN2O/c1-10(12-5-3-4-6-14(12)18)21(2)16(22)20-15-8-7-11(19)9-13(15)17/h3-10H,1-2H3,(H,20,22). The highest BCUT2D eigenvalue weighted by Crippen LogP contribution is 2.28. The van der Waals surface area contributed by atoms with Crippen molar-refractivity contribution in [2.75, 3.05) is 12.4 Å². The lowest BCUT2D eigenvalue weighted by Crippen LogP contribution is -2.33. The van der Waals surface area contributed by atoms with E-state index in [9.17, 15) is 9.18 Å². The van der Waals surface area contributed by atoms with Gasteiger partial charge in [0.25, 0.3) is 0 Å². The fraction of sp³-hybridized carbons (Fsp3) is 0.188. The van der Waals surface area contributed by atoms with Crippen LogP contribution >= 0.6 is 27.5 Å². The smallest absolute Gasteiger partial charge is 0.321 e. The molecule has 0 fully saturated rings. The van der Waals surface area contributed by atoms with E-state index >= 15 is 0 Å². The van der Waals surface area contributed by atoms with Crippen LogP contribution in [0.3, 0.4) is 0 Å². The molecule has 2 rings (SSSR count). The predicted octanol–water partition coefficient (Wildman–Crippen LogP) is 5.47. The summed E-state index contributed by atoms with van der Waals surface area (Å²) in [6.07, 6.45) is 0. The molecule has 2 aromatic rings. The van der Waals surface area contributed by atoms with Crippen molar-refractivity contribution >= 4 is 39.2 Å². The topological polar surface area (TPSA) is 32.3 Å². The normalized spacial score (nSPS) is 11.9. The molecular weight excluding hydrogens is 371 g/mol. The Labute approximate surface area is 142 Å².